The van der Waals surface area contributed by atoms with Crippen LogP contribution in [0.15, 0.2) is 65.3 Å². The number of rotatable bonds is 11. The van der Waals surface area contributed by atoms with Crippen LogP contribution in [0.2, 0.25) is 0 Å². The molecule has 34 heavy (non-hydrogen) atoms. The predicted molar refractivity (Wildman–Crippen MR) is 132 cm³/mol. The third-order valence-electron chi connectivity index (χ3n) is 5.26. The lowest BCUT2D eigenvalue weighted by Gasteiger charge is -2.29. The molecule has 2 aromatic rings. The Kier molecular flexibility index (Phi) is 9.31. The molecule has 1 aliphatic heterocycles. The number of hydrogen-bond donors (Lipinski definition) is 2. The fraction of sp³-hybridized carbons (Fsp3) is 0.348. The van der Waals surface area contributed by atoms with Crippen LogP contribution >= 0.6 is 22.6 Å². The summed E-state index contributed by atoms with van der Waals surface area (Å²) in [5.41, 5.74) is 0.931. The van der Waals surface area contributed by atoms with Gasteiger partial charge in [0.2, 0.25) is 22.1 Å². The van der Waals surface area contributed by atoms with Crippen LogP contribution in [0.4, 0.5) is 0 Å². The lowest BCUT2D eigenvalue weighted by molar-refractivity contribution is -0.157. The van der Waals surface area contributed by atoms with Crippen molar-refractivity contribution in [2.24, 2.45) is 0 Å². The van der Waals surface area contributed by atoms with Crippen LogP contribution in [0, 0.1) is 3.57 Å². The number of halogens is 1. The smallest absolute Gasteiger partial charge is 0.370 e. The second-order valence-corrected chi connectivity index (χ2v) is 10.6. The number of benzene rings is 2. The Balaban J connectivity index is 1.67. The highest BCUT2D eigenvalue weighted by Gasteiger charge is 2.30. The lowest BCUT2D eigenvalue weighted by atomic mass is 9.93. The number of allylic oxidation sites excluding steroid dienone is 1. The Labute approximate surface area is 212 Å². The molecule has 0 fully saturated rings. The van der Waals surface area contributed by atoms with Crippen molar-refractivity contribution in [3.05, 3.63) is 69.5 Å². The second kappa shape index (κ2) is 12.0. The molecule has 0 unspecified atom stereocenters. The minimum atomic E-state index is -3.88. The van der Waals surface area contributed by atoms with Crippen molar-refractivity contribution in [3.63, 3.8) is 0 Å². The summed E-state index contributed by atoms with van der Waals surface area (Å²) in [6, 6.07) is 13.7. The molecule has 0 aromatic heterocycles. The molecule has 0 bridgehead atoms. The third kappa shape index (κ3) is 6.69. The van der Waals surface area contributed by atoms with Gasteiger partial charge < -0.3 is 24.4 Å². The van der Waals surface area contributed by atoms with Crippen LogP contribution in [0.5, 0.6) is 5.75 Å². The zero-order valence-corrected chi connectivity index (χ0v) is 21.4. The molecule has 0 aliphatic carbocycles. The fourth-order valence-electron chi connectivity index (χ4n) is 3.50. The Morgan fingerprint density at radius 1 is 1.15 bits per heavy atom. The van der Waals surface area contributed by atoms with Crippen molar-refractivity contribution in [2.75, 3.05) is 33.4 Å². The van der Waals surface area contributed by atoms with Crippen molar-refractivity contribution in [1.82, 2.24) is 4.31 Å². The number of aliphatic hydroxyl groups excluding tert-OH is 1. The zero-order valence-electron chi connectivity index (χ0n) is 18.5. The van der Waals surface area contributed by atoms with Gasteiger partial charge in [0.25, 0.3) is 0 Å². The van der Waals surface area contributed by atoms with Gasteiger partial charge in [0, 0.05) is 29.0 Å². The Hall–Kier alpha value is -2.19. The van der Waals surface area contributed by atoms with Gasteiger partial charge in [-0.15, -0.1) is 0 Å². The van der Waals surface area contributed by atoms with E-state index in [0.29, 0.717) is 12.2 Å². The molecule has 11 heteroatoms. The number of sulfonamides is 1. The van der Waals surface area contributed by atoms with Gasteiger partial charge in [0.1, 0.15) is 5.75 Å². The van der Waals surface area contributed by atoms with Gasteiger partial charge in [-0.05, 0) is 70.6 Å². The number of aliphatic carboxylic acids is 1. The van der Waals surface area contributed by atoms with E-state index in [1.54, 1.807) is 18.2 Å². The second-order valence-electron chi connectivity index (χ2n) is 7.45. The summed E-state index contributed by atoms with van der Waals surface area (Å²) in [7, 11) is -2.40. The van der Waals surface area contributed by atoms with Crippen LogP contribution < -0.4 is 4.74 Å². The van der Waals surface area contributed by atoms with Crippen LogP contribution in [-0.4, -0.2) is 68.6 Å². The molecular weight excluding hydrogens is 577 g/mol. The zero-order chi connectivity index (χ0) is 24.7. The lowest BCUT2D eigenvalue weighted by Crippen LogP contribution is -2.37. The summed E-state index contributed by atoms with van der Waals surface area (Å²) in [5, 5.41) is 18.8. The van der Waals surface area contributed by atoms with E-state index in [1.165, 1.54) is 19.2 Å². The highest BCUT2D eigenvalue weighted by molar-refractivity contribution is 14.1. The van der Waals surface area contributed by atoms with Crippen LogP contribution in [-0.2, 0) is 24.3 Å². The van der Waals surface area contributed by atoms with Gasteiger partial charge in [-0.25, -0.2) is 13.2 Å². The first-order chi connectivity index (χ1) is 16.2. The first kappa shape index (κ1) is 26.4. The molecule has 0 radical (unpaired) electrons. The monoisotopic (exact) mass is 603 g/mol. The topological polar surface area (TPSA) is 123 Å². The van der Waals surface area contributed by atoms with E-state index in [2.05, 4.69) is 22.6 Å². The number of hydrogen-bond acceptors (Lipinski definition) is 7. The van der Waals surface area contributed by atoms with E-state index in [-0.39, 0.29) is 42.9 Å². The van der Waals surface area contributed by atoms with E-state index in [4.69, 9.17) is 14.2 Å². The summed E-state index contributed by atoms with van der Waals surface area (Å²) in [6.45, 7) is -0.577. The standard InChI is InChI=1S/C23H26INO8S/c1-31-19-6-8-20(9-7-19)34(29,30)25(10-12-26)11-13-32-22-15-17(14-21(33-22)23(27)28)16-2-4-18(24)5-3-16/h2-9,14,17,22,26H,10-13,15H2,1H3,(H,27,28)/t17-,22+/m0/s1. The van der Waals surface area contributed by atoms with Gasteiger partial charge in [-0.3, -0.25) is 0 Å². The summed E-state index contributed by atoms with van der Waals surface area (Å²) in [4.78, 5) is 11.6. The van der Waals surface area contributed by atoms with Gasteiger partial charge in [0.15, 0.2) is 0 Å². The van der Waals surface area contributed by atoms with Crippen molar-refractivity contribution in [3.8, 4) is 5.75 Å². The van der Waals surface area contributed by atoms with E-state index in [9.17, 15) is 23.4 Å². The summed E-state index contributed by atoms with van der Waals surface area (Å²) >= 11 is 2.19. The highest BCUT2D eigenvalue weighted by Crippen LogP contribution is 2.32. The Morgan fingerprint density at radius 3 is 2.41 bits per heavy atom. The number of methoxy groups -OCH3 is 1. The Bertz CT molecular complexity index is 1100. The van der Waals surface area contributed by atoms with Crippen LogP contribution in [0.1, 0.15) is 17.9 Å². The molecule has 2 aromatic carbocycles. The molecule has 184 valence electrons. The molecule has 1 aliphatic rings. The van der Waals surface area contributed by atoms with Crippen molar-refractivity contribution < 1.29 is 37.6 Å². The molecule has 9 nitrogen and oxygen atoms in total. The molecule has 0 amide bonds. The highest BCUT2D eigenvalue weighted by atomic mass is 127. The maximum atomic E-state index is 13.0. The minimum Gasteiger partial charge on any atom is -0.497 e. The van der Waals surface area contributed by atoms with Crippen molar-refractivity contribution in [2.45, 2.75) is 23.5 Å². The molecular formula is C23H26INO8S. The maximum Gasteiger partial charge on any atom is 0.370 e. The quantitative estimate of drug-likeness (QED) is 0.376. The van der Waals surface area contributed by atoms with Gasteiger partial charge >= 0.3 is 5.97 Å². The maximum absolute atomic E-state index is 13.0. The number of carbonyl (C=O) groups is 1. The first-order valence-corrected chi connectivity index (χ1v) is 13.0. The van der Waals surface area contributed by atoms with Crippen LogP contribution in [0.3, 0.4) is 0 Å². The van der Waals surface area contributed by atoms with E-state index in [0.717, 1.165) is 13.4 Å². The third-order valence-corrected chi connectivity index (χ3v) is 7.89. The van der Waals surface area contributed by atoms with Gasteiger partial charge in [0.05, 0.1) is 25.2 Å². The van der Waals surface area contributed by atoms with E-state index >= 15 is 0 Å². The van der Waals surface area contributed by atoms with Crippen molar-refractivity contribution >= 4 is 38.6 Å². The van der Waals surface area contributed by atoms with E-state index < -0.39 is 22.3 Å². The summed E-state index contributed by atoms with van der Waals surface area (Å²) < 4.78 is 44.5. The molecule has 1 heterocycles. The largest absolute Gasteiger partial charge is 0.497 e. The summed E-state index contributed by atoms with van der Waals surface area (Å²) in [6.07, 6.45) is 1.07. The SMILES string of the molecule is COc1ccc(S(=O)(=O)N(CCO)CCO[C@H]2C[C@@H](c3ccc(I)cc3)C=C(C(=O)O)O2)cc1. The first-order valence-electron chi connectivity index (χ1n) is 10.5. The normalized spacial score (nSPS) is 18.3. The van der Waals surface area contributed by atoms with Crippen molar-refractivity contribution in [1.29, 1.82) is 0 Å². The molecule has 2 N–H and O–H groups in total. The number of carboxylic acids is 1. The number of carboxylic acid groups (broad SMARTS) is 1. The van der Waals surface area contributed by atoms with Gasteiger partial charge in [-0.2, -0.15) is 4.31 Å². The average Bonchev–Trinajstić information content (AvgIpc) is 2.83. The average molecular weight is 603 g/mol. The summed E-state index contributed by atoms with van der Waals surface area (Å²) in [5.74, 6) is -1.11. The molecule has 0 spiro atoms. The number of ether oxygens (including phenoxy) is 3. The fourth-order valence-corrected chi connectivity index (χ4v) is 5.27. The number of nitrogens with zero attached hydrogens (tertiary/aromatic N) is 1. The molecule has 0 saturated carbocycles. The van der Waals surface area contributed by atoms with Crippen LogP contribution in [0.25, 0.3) is 0 Å². The Morgan fingerprint density at radius 2 is 1.82 bits per heavy atom. The van der Waals surface area contributed by atoms with E-state index in [1.807, 2.05) is 24.3 Å². The molecule has 2 atom stereocenters. The molecule has 0 saturated heterocycles. The minimum absolute atomic E-state index is 0.0465. The predicted octanol–water partition coefficient (Wildman–Crippen LogP) is 2.80. The van der Waals surface area contributed by atoms with Gasteiger partial charge in [-0.1, -0.05) is 12.1 Å². The number of aliphatic hydroxyl groups is 1. The molecule has 3 rings (SSSR count).